The van der Waals surface area contributed by atoms with Gasteiger partial charge < -0.3 is 20.1 Å². The lowest BCUT2D eigenvalue weighted by molar-refractivity contribution is 0.252. The van der Waals surface area contributed by atoms with Gasteiger partial charge in [0.25, 0.3) is 0 Å². The van der Waals surface area contributed by atoms with E-state index in [1.165, 1.54) is 0 Å². The Labute approximate surface area is 206 Å². The normalized spacial score (nSPS) is 10.8. The summed E-state index contributed by atoms with van der Waals surface area (Å²) in [5.74, 6) is 1.55. The summed E-state index contributed by atoms with van der Waals surface area (Å²) >= 11 is 1.63. The van der Waals surface area contributed by atoms with Gasteiger partial charge in [0.1, 0.15) is 17.0 Å². The van der Waals surface area contributed by atoms with Crippen molar-refractivity contribution >= 4 is 29.3 Å². The van der Waals surface area contributed by atoms with Gasteiger partial charge >= 0.3 is 6.03 Å². The van der Waals surface area contributed by atoms with Gasteiger partial charge in [0.05, 0.1) is 12.0 Å². The smallest absolute Gasteiger partial charge is 0.319 e. The van der Waals surface area contributed by atoms with Gasteiger partial charge in [-0.05, 0) is 19.8 Å². The van der Waals surface area contributed by atoms with E-state index in [1.807, 2.05) is 43.5 Å². The maximum Gasteiger partial charge on any atom is 0.319 e. The van der Waals surface area contributed by atoms with Crippen LogP contribution in [0.3, 0.4) is 0 Å². The molecule has 0 bridgehead atoms. The first kappa shape index (κ1) is 25.6. The van der Waals surface area contributed by atoms with E-state index in [1.54, 1.807) is 18.1 Å². The van der Waals surface area contributed by atoms with Crippen molar-refractivity contribution in [3.8, 4) is 11.3 Å². The van der Waals surface area contributed by atoms with E-state index in [-0.39, 0.29) is 6.03 Å². The van der Waals surface area contributed by atoms with E-state index < -0.39 is 0 Å². The molecular formula is C25H35N7OS. The van der Waals surface area contributed by atoms with Crippen molar-refractivity contribution in [2.45, 2.75) is 51.1 Å². The molecule has 0 radical (unpaired) electrons. The van der Waals surface area contributed by atoms with E-state index in [0.29, 0.717) is 18.1 Å². The second-order valence-corrected chi connectivity index (χ2v) is 9.38. The third kappa shape index (κ3) is 6.96. The number of imidazole rings is 1. The van der Waals surface area contributed by atoms with Crippen molar-refractivity contribution in [3.63, 3.8) is 0 Å². The lowest BCUT2D eigenvalue weighted by atomic mass is 10.1. The Bertz CT molecular complexity index is 1050. The van der Waals surface area contributed by atoms with Gasteiger partial charge in [0.15, 0.2) is 5.82 Å². The van der Waals surface area contributed by atoms with E-state index in [2.05, 4.69) is 56.1 Å². The van der Waals surface area contributed by atoms with Crippen LogP contribution < -0.4 is 15.5 Å². The molecule has 3 rings (SSSR count). The predicted molar refractivity (Wildman–Crippen MR) is 141 cm³/mol. The molecule has 2 aromatic heterocycles. The van der Waals surface area contributed by atoms with Gasteiger partial charge in [-0.2, -0.15) is 0 Å². The number of amides is 2. The first-order chi connectivity index (χ1) is 16.5. The topological polar surface area (TPSA) is 88.0 Å². The lowest BCUT2D eigenvalue weighted by Crippen LogP contribution is -2.30. The zero-order valence-corrected chi connectivity index (χ0v) is 21.4. The van der Waals surface area contributed by atoms with Crippen LogP contribution in [0.4, 0.5) is 16.3 Å². The van der Waals surface area contributed by atoms with E-state index in [4.69, 9.17) is 0 Å². The molecule has 8 nitrogen and oxygen atoms in total. The number of rotatable bonds is 12. The molecule has 34 heavy (non-hydrogen) atoms. The number of carbonyl (C=O) groups is 1. The highest BCUT2D eigenvalue weighted by molar-refractivity contribution is 7.99. The number of hydrogen-bond acceptors (Lipinski definition) is 6. The minimum absolute atomic E-state index is 0.224. The lowest BCUT2D eigenvalue weighted by Gasteiger charge is -2.19. The summed E-state index contributed by atoms with van der Waals surface area (Å²) < 4.78 is 2.19. The number of nitrogens with zero attached hydrogens (tertiary/aromatic N) is 5. The standard InChI is InChI=1S/C25H35N7OS/c1-5-6-10-14-26-25(33)30-22-23(31(3)4)27-17-28-24(22)34-16-11-15-32-18-29-21(19(32)2)20-12-8-7-9-13-20/h7-9,12-13,17-18H,5-6,10-11,14-16H2,1-4H3,(H2,26,30,33). The number of nitrogens with one attached hydrogen (secondary N) is 2. The minimum atomic E-state index is -0.224. The average Bonchev–Trinajstić information content (AvgIpc) is 3.21. The fraction of sp³-hybridized carbons (Fsp3) is 0.440. The van der Waals surface area contributed by atoms with Gasteiger partial charge in [0, 0.05) is 44.2 Å². The summed E-state index contributed by atoms with van der Waals surface area (Å²) in [5, 5.41) is 6.67. The molecule has 0 atom stereocenters. The van der Waals surface area contributed by atoms with Crippen LogP contribution in [0.15, 0.2) is 48.0 Å². The molecule has 0 saturated carbocycles. The third-order valence-electron chi connectivity index (χ3n) is 5.45. The molecule has 0 spiro atoms. The maximum absolute atomic E-state index is 12.5. The number of anilines is 2. The van der Waals surface area contributed by atoms with Crippen molar-refractivity contribution in [3.05, 3.63) is 48.7 Å². The second-order valence-electron chi connectivity index (χ2n) is 8.30. The molecule has 0 aliphatic carbocycles. The molecule has 0 unspecified atom stereocenters. The summed E-state index contributed by atoms with van der Waals surface area (Å²) in [4.78, 5) is 27.8. The quantitative estimate of drug-likeness (QED) is 0.210. The number of hydrogen-bond donors (Lipinski definition) is 2. The van der Waals surface area contributed by atoms with Crippen molar-refractivity contribution in [1.82, 2.24) is 24.8 Å². The summed E-state index contributed by atoms with van der Waals surface area (Å²) in [5.41, 5.74) is 3.97. The molecule has 0 saturated heterocycles. The van der Waals surface area contributed by atoms with Crippen molar-refractivity contribution in [2.75, 3.05) is 36.6 Å². The number of urea groups is 1. The number of aryl methyl sites for hydroxylation is 1. The Balaban J connectivity index is 1.60. The zero-order chi connectivity index (χ0) is 24.3. The molecule has 0 fully saturated rings. The van der Waals surface area contributed by atoms with Gasteiger partial charge in [-0.1, -0.05) is 50.1 Å². The fourth-order valence-electron chi connectivity index (χ4n) is 3.61. The van der Waals surface area contributed by atoms with Crippen LogP contribution in [0.5, 0.6) is 0 Å². The summed E-state index contributed by atoms with van der Waals surface area (Å²) in [7, 11) is 3.82. The van der Waals surface area contributed by atoms with Crippen molar-refractivity contribution in [2.24, 2.45) is 0 Å². The molecule has 0 aliphatic heterocycles. The Hall–Kier alpha value is -3.07. The van der Waals surface area contributed by atoms with Gasteiger partial charge in [-0.25, -0.2) is 19.7 Å². The first-order valence-corrected chi connectivity index (χ1v) is 12.8. The number of benzene rings is 1. The average molecular weight is 482 g/mol. The minimum Gasteiger partial charge on any atom is -0.361 e. The van der Waals surface area contributed by atoms with Crippen LogP contribution >= 0.6 is 11.8 Å². The Kier molecular flexibility index (Phi) is 9.75. The summed E-state index contributed by atoms with van der Waals surface area (Å²) in [6.45, 7) is 5.77. The number of aromatic nitrogens is 4. The number of thioether (sulfide) groups is 1. The molecule has 182 valence electrons. The van der Waals surface area contributed by atoms with Crippen LogP contribution in [-0.2, 0) is 6.54 Å². The molecule has 2 heterocycles. The van der Waals surface area contributed by atoms with Crippen molar-refractivity contribution < 1.29 is 4.79 Å². The highest BCUT2D eigenvalue weighted by Crippen LogP contribution is 2.32. The second kappa shape index (κ2) is 13.0. The van der Waals surface area contributed by atoms with Gasteiger partial charge in [-0.15, -0.1) is 11.8 Å². The summed E-state index contributed by atoms with van der Waals surface area (Å²) in [6.07, 6.45) is 7.59. The van der Waals surface area contributed by atoms with E-state index in [9.17, 15) is 4.79 Å². The Morgan fingerprint density at radius 1 is 1.09 bits per heavy atom. The zero-order valence-electron chi connectivity index (χ0n) is 20.5. The molecule has 3 aromatic rings. The molecule has 0 aliphatic rings. The molecular weight excluding hydrogens is 446 g/mol. The number of unbranched alkanes of at least 4 members (excludes halogenated alkanes) is 2. The largest absolute Gasteiger partial charge is 0.361 e. The van der Waals surface area contributed by atoms with Crippen LogP contribution in [0, 0.1) is 6.92 Å². The molecule has 1 aromatic carbocycles. The Morgan fingerprint density at radius 3 is 2.62 bits per heavy atom. The monoisotopic (exact) mass is 481 g/mol. The van der Waals surface area contributed by atoms with Crippen molar-refractivity contribution in [1.29, 1.82) is 0 Å². The molecule has 2 amide bonds. The van der Waals surface area contributed by atoms with Crippen LogP contribution in [0.2, 0.25) is 0 Å². The highest BCUT2D eigenvalue weighted by Gasteiger charge is 2.16. The van der Waals surface area contributed by atoms with Gasteiger partial charge in [-0.3, -0.25) is 0 Å². The number of carbonyl (C=O) groups excluding carboxylic acids is 1. The van der Waals surface area contributed by atoms with Crippen LogP contribution in [-0.4, -0.2) is 51.9 Å². The molecule has 9 heteroatoms. The third-order valence-corrected chi connectivity index (χ3v) is 6.53. The van der Waals surface area contributed by atoms with Crippen LogP contribution in [0.1, 0.15) is 38.3 Å². The summed E-state index contributed by atoms with van der Waals surface area (Å²) in [6, 6.07) is 10.0. The molecule has 2 N–H and O–H groups in total. The highest BCUT2D eigenvalue weighted by atomic mass is 32.2. The predicted octanol–water partition coefficient (Wildman–Crippen LogP) is 5.21. The van der Waals surface area contributed by atoms with Gasteiger partial charge in [0.2, 0.25) is 0 Å². The maximum atomic E-state index is 12.5. The van der Waals surface area contributed by atoms with E-state index in [0.717, 1.165) is 60.0 Å². The first-order valence-electron chi connectivity index (χ1n) is 11.8. The fourth-order valence-corrected chi connectivity index (χ4v) is 4.48. The van der Waals surface area contributed by atoms with E-state index >= 15 is 0 Å². The Morgan fingerprint density at radius 2 is 1.88 bits per heavy atom. The van der Waals surface area contributed by atoms with Crippen LogP contribution in [0.25, 0.3) is 11.3 Å². The SMILES string of the molecule is CCCCCNC(=O)Nc1c(SCCCn2cnc(-c3ccccc3)c2C)ncnc1N(C)C.